The van der Waals surface area contributed by atoms with Crippen LogP contribution in [0.25, 0.3) is 0 Å². The third-order valence-electron chi connectivity index (χ3n) is 1.41. The van der Waals surface area contributed by atoms with Gasteiger partial charge in [-0.2, -0.15) is 5.26 Å². The van der Waals surface area contributed by atoms with Crippen LogP contribution in [-0.2, 0) is 0 Å². The summed E-state index contributed by atoms with van der Waals surface area (Å²) in [6, 6.07) is 2.00. The highest BCUT2D eigenvalue weighted by Crippen LogP contribution is 2.21. The minimum atomic E-state index is -1.35. The van der Waals surface area contributed by atoms with Crippen LogP contribution >= 0.6 is 0 Å². The van der Waals surface area contributed by atoms with Crippen LogP contribution in [0, 0.1) is 17.2 Å². The molecule has 1 rings (SSSR count). The van der Waals surface area contributed by atoms with Crippen molar-refractivity contribution in [1.29, 1.82) is 5.26 Å². The van der Waals surface area contributed by atoms with Crippen LogP contribution in [0.4, 0.5) is 4.39 Å². The van der Waals surface area contributed by atoms with Gasteiger partial charge in [0.05, 0.1) is 12.0 Å². The summed E-state index contributed by atoms with van der Waals surface area (Å²) in [5.74, 6) is -0.246. The van der Waals surface area contributed by atoms with Gasteiger partial charge in [-0.1, -0.05) is 12.2 Å². The van der Waals surface area contributed by atoms with Crippen molar-refractivity contribution in [3.05, 3.63) is 24.3 Å². The molecule has 52 valence electrons. The Bertz CT molecular complexity index is 204. The first kappa shape index (κ1) is 7.01. The van der Waals surface area contributed by atoms with Gasteiger partial charge in [0, 0.05) is 0 Å². The predicted molar refractivity (Wildman–Crippen MR) is 36.9 cm³/mol. The maximum Gasteiger partial charge on any atom is 0.144 e. The number of halogens is 1. The lowest BCUT2D eigenvalue weighted by Gasteiger charge is -2.14. The van der Waals surface area contributed by atoms with E-state index in [1.165, 1.54) is 19.1 Å². The van der Waals surface area contributed by atoms with Gasteiger partial charge in [0.15, 0.2) is 0 Å². The fraction of sp³-hybridized carbons (Fsp3) is 0.375. The van der Waals surface area contributed by atoms with Crippen molar-refractivity contribution in [3.63, 3.8) is 0 Å². The number of rotatable bonds is 0. The summed E-state index contributed by atoms with van der Waals surface area (Å²) in [6.45, 7) is 1.45. The van der Waals surface area contributed by atoms with Crippen LogP contribution in [-0.4, -0.2) is 5.67 Å². The summed E-state index contributed by atoms with van der Waals surface area (Å²) < 4.78 is 12.9. The lowest BCUT2D eigenvalue weighted by Crippen LogP contribution is -2.13. The largest absolute Gasteiger partial charge is 0.235 e. The van der Waals surface area contributed by atoms with Crippen LogP contribution in [0.15, 0.2) is 24.3 Å². The van der Waals surface area contributed by atoms with Gasteiger partial charge in [0.25, 0.3) is 0 Å². The van der Waals surface area contributed by atoms with Crippen LogP contribution < -0.4 is 0 Å². The summed E-state index contributed by atoms with van der Waals surface area (Å²) in [7, 11) is 0. The summed E-state index contributed by atoms with van der Waals surface area (Å²) in [6.07, 6.45) is 5.95. The predicted octanol–water partition coefficient (Wildman–Crippen LogP) is 1.98. The molecule has 0 N–H and O–H groups in total. The molecule has 0 heterocycles. The molecule has 0 amide bonds. The Labute approximate surface area is 59.5 Å². The average Bonchev–Trinajstić information content (AvgIpc) is 1.88. The monoisotopic (exact) mass is 137 g/mol. The van der Waals surface area contributed by atoms with Gasteiger partial charge in [-0.25, -0.2) is 4.39 Å². The Balaban J connectivity index is 2.73. The molecule has 0 atom stereocenters. The van der Waals surface area contributed by atoms with E-state index < -0.39 is 5.67 Å². The van der Waals surface area contributed by atoms with E-state index in [-0.39, 0.29) is 5.92 Å². The lowest BCUT2D eigenvalue weighted by molar-refractivity contribution is 0.323. The molecule has 0 aromatic carbocycles. The highest BCUT2D eigenvalue weighted by Gasteiger charge is 2.18. The normalized spacial score (nSPS) is 37.5. The van der Waals surface area contributed by atoms with E-state index in [0.29, 0.717) is 0 Å². The third-order valence-corrected chi connectivity index (χ3v) is 1.41. The van der Waals surface area contributed by atoms with E-state index in [2.05, 4.69) is 0 Å². The quantitative estimate of drug-likeness (QED) is 0.468. The van der Waals surface area contributed by atoms with Crippen molar-refractivity contribution in [1.82, 2.24) is 0 Å². The molecule has 0 bridgehead atoms. The first-order valence-corrected chi connectivity index (χ1v) is 3.11. The maximum atomic E-state index is 12.9. The number of hydrogen-bond donors (Lipinski definition) is 0. The molecule has 0 fully saturated rings. The SMILES string of the molecule is CC1(F)C=CC(C#N)C=C1. The molecular formula is C8H8FN. The topological polar surface area (TPSA) is 23.8 Å². The van der Waals surface area contributed by atoms with Crippen molar-refractivity contribution in [2.24, 2.45) is 5.92 Å². The van der Waals surface area contributed by atoms with Crippen molar-refractivity contribution in [2.45, 2.75) is 12.6 Å². The lowest BCUT2D eigenvalue weighted by atomic mass is 9.96. The summed E-state index contributed by atoms with van der Waals surface area (Å²) >= 11 is 0. The molecule has 2 heteroatoms. The zero-order chi connectivity index (χ0) is 7.61. The van der Waals surface area contributed by atoms with Gasteiger partial charge in [0.1, 0.15) is 5.67 Å². The molecule has 0 aliphatic heterocycles. The van der Waals surface area contributed by atoms with Crippen LogP contribution in [0.3, 0.4) is 0 Å². The second-order valence-corrected chi connectivity index (χ2v) is 2.52. The first-order chi connectivity index (χ1) is 4.64. The van der Waals surface area contributed by atoms with Gasteiger partial charge in [0.2, 0.25) is 0 Å². The van der Waals surface area contributed by atoms with Crippen molar-refractivity contribution >= 4 is 0 Å². The van der Waals surface area contributed by atoms with Crippen molar-refractivity contribution in [3.8, 4) is 6.07 Å². The minimum absolute atomic E-state index is 0.246. The maximum absolute atomic E-state index is 12.9. The van der Waals surface area contributed by atoms with E-state index in [1.54, 1.807) is 12.2 Å². The number of allylic oxidation sites excluding steroid dienone is 4. The molecule has 0 aromatic rings. The minimum Gasteiger partial charge on any atom is -0.235 e. The number of nitriles is 1. The van der Waals surface area contributed by atoms with Crippen molar-refractivity contribution < 1.29 is 4.39 Å². The Morgan fingerprint density at radius 2 is 2.00 bits per heavy atom. The van der Waals surface area contributed by atoms with Gasteiger partial charge < -0.3 is 0 Å². The zero-order valence-electron chi connectivity index (χ0n) is 5.71. The van der Waals surface area contributed by atoms with Crippen LogP contribution in [0.5, 0.6) is 0 Å². The molecular weight excluding hydrogens is 129 g/mol. The molecule has 0 saturated carbocycles. The zero-order valence-corrected chi connectivity index (χ0v) is 5.71. The van der Waals surface area contributed by atoms with E-state index >= 15 is 0 Å². The summed E-state index contributed by atoms with van der Waals surface area (Å²) in [4.78, 5) is 0. The molecule has 1 aliphatic rings. The fourth-order valence-corrected chi connectivity index (χ4v) is 0.789. The van der Waals surface area contributed by atoms with Crippen LogP contribution in [0.1, 0.15) is 6.92 Å². The highest BCUT2D eigenvalue weighted by molar-refractivity contribution is 5.25. The van der Waals surface area contributed by atoms with E-state index in [0.717, 1.165) is 0 Å². The van der Waals surface area contributed by atoms with Crippen molar-refractivity contribution in [2.75, 3.05) is 0 Å². The Morgan fingerprint density at radius 3 is 2.40 bits per heavy atom. The summed E-state index contributed by atoms with van der Waals surface area (Å²) in [5.41, 5.74) is -1.35. The Morgan fingerprint density at radius 1 is 1.50 bits per heavy atom. The molecule has 0 radical (unpaired) electrons. The smallest absolute Gasteiger partial charge is 0.144 e. The van der Waals surface area contributed by atoms with Gasteiger partial charge in [-0.3, -0.25) is 0 Å². The molecule has 10 heavy (non-hydrogen) atoms. The van der Waals surface area contributed by atoms with Gasteiger partial charge in [-0.05, 0) is 19.1 Å². The first-order valence-electron chi connectivity index (χ1n) is 3.11. The standard InChI is InChI=1S/C8H8FN/c1-8(9)4-2-7(6-10)3-5-8/h2-5,7H,1H3. The number of alkyl halides is 1. The Kier molecular flexibility index (Phi) is 1.58. The Hall–Kier alpha value is -1.10. The molecule has 0 saturated heterocycles. The van der Waals surface area contributed by atoms with Crippen LogP contribution in [0.2, 0.25) is 0 Å². The highest BCUT2D eigenvalue weighted by atomic mass is 19.1. The molecule has 1 aliphatic carbocycles. The fourth-order valence-electron chi connectivity index (χ4n) is 0.789. The molecule has 0 aromatic heterocycles. The second kappa shape index (κ2) is 2.26. The van der Waals surface area contributed by atoms with Gasteiger partial charge >= 0.3 is 0 Å². The third kappa shape index (κ3) is 1.44. The average molecular weight is 137 g/mol. The van der Waals surface area contributed by atoms with E-state index in [4.69, 9.17) is 5.26 Å². The van der Waals surface area contributed by atoms with E-state index in [9.17, 15) is 4.39 Å². The molecule has 1 nitrogen and oxygen atoms in total. The molecule has 0 unspecified atom stereocenters. The van der Waals surface area contributed by atoms with Gasteiger partial charge in [-0.15, -0.1) is 0 Å². The summed E-state index contributed by atoms with van der Waals surface area (Å²) in [5, 5.41) is 8.39. The number of nitrogens with zero attached hydrogens (tertiary/aromatic N) is 1. The second-order valence-electron chi connectivity index (χ2n) is 2.52. The number of hydrogen-bond acceptors (Lipinski definition) is 1. The van der Waals surface area contributed by atoms with E-state index in [1.807, 2.05) is 6.07 Å². The molecule has 0 spiro atoms.